The maximum absolute atomic E-state index is 5.81. The minimum atomic E-state index is 0.0278. The summed E-state index contributed by atoms with van der Waals surface area (Å²) in [6, 6.07) is 15.2. The quantitative estimate of drug-likeness (QED) is 0.522. The molecule has 3 aromatic rings. The van der Waals surface area contributed by atoms with E-state index in [4.69, 9.17) is 12.2 Å². The van der Waals surface area contributed by atoms with Crippen molar-refractivity contribution < 1.29 is 0 Å². The summed E-state index contributed by atoms with van der Waals surface area (Å²) in [4.78, 5) is 7.03. The highest BCUT2D eigenvalue weighted by molar-refractivity contribution is 7.80. The van der Waals surface area contributed by atoms with Crippen molar-refractivity contribution >= 4 is 17.3 Å². The number of hydrogen-bond donors (Lipinski definition) is 1. The van der Waals surface area contributed by atoms with E-state index in [9.17, 15) is 0 Å². The third kappa shape index (κ3) is 3.99. The lowest BCUT2D eigenvalue weighted by Crippen LogP contribution is -2.33. The van der Waals surface area contributed by atoms with Crippen LogP contribution >= 0.6 is 12.2 Å². The first-order chi connectivity index (χ1) is 14.8. The average Bonchev–Trinajstić information content (AvgIpc) is 3.20. The molecule has 4 rings (SSSR count). The van der Waals surface area contributed by atoms with E-state index in [2.05, 4.69) is 97.7 Å². The Kier molecular flexibility index (Phi) is 5.89. The fourth-order valence-corrected chi connectivity index (χ4v) is 5.07. The molecule has 3 heterocycles. The van der Waals surface area contributed by atoms with Crippen molar-refractivity contribution in [3.8, 4) is 5.69 Å². The van der Waals surface area contributed by atoms with Crippen LogP contribution in [0.25, 0.3) is 5.69 Å². The molecule has 162 valence electrons. The first-order valence-corrected chi connectivity index (χ1v) is 11.4. The molecule has 0 unspecified atom stereocenters. The van der Waals surface area contributed by atoms with Crippen LogP contribution < -0.4 is 5.32 Å². The molecule has 0 aliphatic carbocycles. The van der Waals surface area contributed by atoms with Gasteiger partial charge in [0, 0.05) is 29.8 Å². The first kappa shape index (κ1) is 21.6. The summed E-state index contributed by atoms with van der Waals surface area (Å²) in [7, 11) is 0. The van der Waals surface area contributed by atoms with Gasteiger partial charge in [-0.3, -0.25) is 4.98 Å². The molecule has 1 aromatic carbocycles. The Labute approximate surface area is 191 Å². The van der Waals surface area contributed by atoms with E-state index >= 15 is 0 Å². The molecule has 1 aliphatic rings. The summed E-state index contributed by atoms with van der Waals surface area (Å²) in [6.07, 6.45) is 1.86. The van der Waals surface area contributed by atoms with Crippen LogP contribution in [0.4, 0.5) is 0 Å². The normalized spacial score (nSPS) is 18.7. The van der Waals surface area contributed by atoms with Crippen molar-refractivity contribution in [2.75, 3.05) is 6.54 Å². The Bertz CT molecular complexity index is 1100. The Morgan fingerprint density at radius 2 is 1.84 bits per heavy atom. The van der Waals surface area contributed by atoms with Gasteiger partial charge in [0.25, 0.3) is 0 Å². The van der Waals surface area contributed by atoms with Crippen molar-refractivity contribution in [3.63, 3.8) is 0 Å². The number of nitrogens with one attached hydrogen (secondary N) is 1. The molecule has 4 nitrogen and oxygen atoms in total. The minimum absolute atomic E-state index is 0.0278. The van der Waals surface area contributed by atoms with E-state index in [0.29, 0.717) is 5.92 Å². The molecule has 1 N–H and O–H groups in total. The van der Waals surface area contributed by atoms with Gasteiger partial charge in [-0.25, -0.2) is 0 Å². The summed E-state index contributed by atoms with van der Waals surface area (Å²) in [5.74, 6) is 0.507. The molecule has 1 aliphatic heterocycles. The smallest absolute Gasteiger partial charge is 0.170 e. The summed E-state index contributed by atoms with van der Waals surface area (Å²) in [5.41, 5.74) is 8.63. The minimum Gasteiger partial charge on any atom is -0.352 e. The van der Waals surface area contributed by atoms with Crippen molar-refractivity contribution in [1.29, 1.82) is 0 Å². The number of aryl methyl sites for hydroxylation is 3. The van der Waals surface area contributed by atoms with Crippen LogP contribution in [0.3, 0.4) is 0 Å². The van der Waals surface area contributed by atoms with Gasteiger partial charge in [0.05, 0.1) is 17.8 Å². The maximum atomic E-state index is 5.81. The van der Waals surface area contributed by atoms with Gasteiger partial charge in [-0.05, 0) is 86.8 Å². The third-order valence-corrected chi connectivity index (χ3v) is 6.51. The van der Waals surface area contributed by atoms with Crippen LogP contribution in [0, 0.1) is 33.6 Å². The van der Waals surface area contributed by atoms with Crippen molar-refractivity contribution in [1.82, 2.24) is 19.8 Å². The molecular formula is C26H32N4S. The van der Waals surface area contributed by atoms with Gasteiger partial charge in [-0.15, -0.1) is 0 Å². The molecule has 2 aromatic heterocycles. The van der Waals surface area contributed by atoms with Gasteiger partial charge in [0.2, 0.25) is 0 Å². The zero-order valence-corrected chi connectivity index (χ0v) is 20.1. The fourth-order valence-electron chi connectivity index (χ4n) is 4.75. The monoisotopic (exact) mass is 432 g/mol. The molecule has 0 amide bonds. The number of nitrogens with zero attached hydrogens (tertiary/aromatic N) is 3. The topological polar surface area (TPSA) is 33.1 Å². The first-order valence-electron chi connectivity index (χ1n) is 11.0. The van der Waals surface area contributed by atoms with Crippen LogP contribution in [-0.2, 0) is 0 Å². The van der Waals surface area contributed by atoms with Gasteiger partial charge in [0.1, 0.15) is 0 Å². The van der Waals surface area contributed by atoms with Crippen molar-refractivity contribution in [2.24, 2.45) is 5.92 Å². The number of thiocarbonyl (C=S) groups is 1. The molecular weight excluding hydrogens is 400 g/mol. The van der Waals surface area contributed by atoms with Crippen LogP contribution in [0.1, 0.15) is 59.7 Å². The second kappa shape index (κ2) is 8.46. The molecule has 0 radical (unpaired) electrons. The standard InChI is InChI=1S/C26H32N4S/c1-16(2)15-29-25(24(28-26(29)31)22-9-7-8-12-27-22)21-14-19(5)30(20(21)6)23-13-17(3)10-11-18(23)4/h7-14,16,24-25H,15H2,1-6H3,(H,28,31)/t24-,25-/m0/s1. The lowest BCUT2D eigenvalue weighted by atomic mass is 9.96. The SMILES string of the molecule is Cc1ccc(C)c(-n2c(C)cc([C@H]3[C@H](c4ccccn4)NC(=S)N3CC(C)C)c2C)c1. The zero-order chi connectivity index (χ0) is 22.3. The molecule has 31 heavy (non-hydrogen) atoms. The lowest BCUT2D eigenvalue weighted by Gasteiger charge is -2.29. The molecule has 1 saturated heterocycles. The highest BCUT2D eigenvalue weighted by Gasteiger charge is 2.41. The molecule has 0 spiro atoms. The number of benzene rings is 1. The van der Waals surface area contributed by atoms with E-state index in [0.717, 1.165) is 17.4 Å². The zero-order valence-electron chi connectivity index (χ0n) is 19.3. The Morgan fingerprint density at radius 1 is 1.06 bits per heavy atom. The summed E-state index contributed by atoms with van der Waals surface area (Å²) < 4.78 is 2.39. The number of hydrogen-bond acceptors (Lipinski definition) is 2. The lowest BCUT2D eigenvalue weighted by molar-refractivity contribution is 0.287. The van der Waals surface area contributed by atoms with Gasteiger partial charge in [0.15, 0.2) is 5.11 Å². The van der Waals surface area contributed by atoms with Gasteiger partial charge in [-0.1, -0.05) is 32.0 Å². The average molecular weight is 433 g/mol. The van der Waals surface area contributed by atoms with Crippen LogP contribution in [0.15, 0.2) is 48.7 Å². The van der Waals surface area contributed by atoms with E-state index in [1.165, 1.54) is 33.8 Å². The van der Waals surface area contributed by atoms with Crippen molar-refractivity contribution in [3.05, 3.63) is 82.4 Å². The van der Waals surface area contributed by atoms with E-state index < -0.39 is 0 Å². The van der Waals surface area contributed by atoms with Gasteiger partial charge < -0.3 is 14.8 Å². The molecule has 0 bridgehead atoms. The summed E-state index contributed by atoms with van der Waals surface area (Å²) in [5, 5.41) is 4.39. The van der Waals surface area contributed by atoms with Crippen LogP contribution in [-0.4, -0.2) is 26.1 Å². The highest BCUT2D eigenvalue weighted by Crippen LogP contribution is 2.41. The van der Waals surface area contributed by atoms with E-state index in [1.807, 2.05) is 12.3 Å². The second-order valence-electron chi connectivity index (χ2n) is 9.12. The van der Waals surface area contributed by atoms with E-state index in [-0.39, 0.29) is 12.1 Å². The molecule has 0 saturated carbocycles. The Morgan fingerprint density at radius 3 is 2.52 bits per heavy atom. The number of rotatable bonds is 5. The summed E-state index contributed by atoms with van der Waals surface area (Å²) >= 11 is 5.81. The van der Waals surface area contributed by atoms with Crippen molar-refractivity contribution in [2.45, 2.75) is 53.6 Å². The van der Waals surface area contributed by atoms with Crippen LogP contribution in [0.2, 0.25) is 0 Å². The Balaban J connectivity index is 1.86. The van der Waals surface area contributed by atoms with Gasteiger partial charge in [-0.2, -0.15) is 0 Å². The highest BCUT2D eigenvalue weighted by atomic mass is 32.1. The van der Waals surface area contributed by atoms with E-state index in [1.54, 1.807) is 0 Å². The molecule has 5 heteroatoms. The largest absolute Gasteiger partial charge is 0.352 e. The molecule has 2 atom stereocenters. The van der Waals surface area contributed by atoms with Gasteiger partial charge >= 0.3 is 0 Å². The predicted molar refractivity (Wildman–Crippen MR) is 132 cm³/mol. The predicted octanol–water partition coefficient (Wildman–Crippen LogP) is 5.73. The summed E-state index contributed by atoms with van der Waals surface area (Å²) in [6.45, 7) is 14.2. The Hall–Kier alpha value is -2.66. The van der Waals surface area contributed by atoms with Crippen LogP contribution in [0.5, 0.6) is 0 Å². The molecule has 1 fully saturated rings. The second-order valence-corrected chi connectivity index (χ2v) is 9.51. The maximum Gasteiger partial charge on any atom is 0.170 e. The fraction of sp³-hybridized carbons (Fsp3) is 0.385. The third-order valence-electron chi connectivity index (χ3n) is 6.15. The number of aromatic nitrogens is 2. The number of pyridine rings is 1.